The molecule has 3 N–H and O–H groups in total. The Hall–Kier alpha value is -4.44. The Bertz CT molecular complexity index is 1490. The predicted molar refractivity (Wildman–Crippen MR) is 146 cm³/mol. The number of rotatable bonds is 5. The molecule has 3 aromatic rings. The van der Waals surface area contributed by atoms with E-state index in [1.54, 1.807) is 0 Å². The number of allylic oxidation sites excluding steroid dienone is 5. The molecule has 0 bridgehead atoms. The summed E-state index contributed by atoms with van der Waals surface area (Å²) >= 11 is 0. The van der Waals surface area contributed by atoms with Crippen molar-refractivity contribution < 1.29 is 14.3 Å². The third kappa shape index (κ3) is 5.03. The summed E-state index contributed by atoms with van der Waals surface area (Å²) in [7, 11) is 0. The van der Waals surface area contributed by atoms with E-state index in [2.05, 4.69) is 38.1 Å². The van der Waals surface area contributed by atoms with E-state index >= 15 is 0 Å². The van der Waals surface area contributed by atoms with Crippen LogP contribution in [0, 0.1) is 0 Å². The first kappa shape index (κ1) is 23.9. The van der Waals surface area contributed by atoms with Gasteiger partial charge >= 0.3 is 0 Å². The molecule has 2 aliphatic heterocycles. The number of aromatic nitrogens is 3. The summed E-state index contributed by atoms with van der Waals surface area (Å²) in [5.41, 5.74) is 11.2. The third-order valence-corrected chi connectivity index (χ3v) is 6.85. The smallest absolute Gasteiger partial charge is 0.238 e. The highest BCUT2D eigenvalue weighted by Gasteiger charge is 2.23. The van der Waals surface area contributed by atoms with Crippen LogP contribution in [0.15, 0.2) is 65.9 Å². The molecule has 0 spiro atoms. The lowest BCUT2D eigenvalue weighted by Crippen LogP contribution is -2.49. The van der Waals surface area contributed by atoms with Crippen molar-refractivity contribution in [3.05, 3.63) is 65.9 Å². The van der Waals surface area contributed by atoms with E-state index < -0.39 is 0 Å². The van der Waals surface area contributed by atoms with E-state index in [1.165, 1.54) is 5.57 Å². The minimum atomic E-state index is -0.00202. The molecule has 194 valence electrons. The Labute approximate surface area is 220 Å². The van der Waals surface area contributed by atoms with Crippen LogP contribution < -0.4 is 25.4 Å². The van der Waals surface area contributed by atoms with E-state index in [9.17, 15) is 4.79 Å². The van der Waals surface area contributed by atoms with Gasteiger partial charge in [-0.2, -0.15) is 4.98 Å². The number of hydrogen-bond donors (Lipinski definition) is 2. The number of anilines is 2. The summed E-state index contributed by atoms with van der Waals surface area (Å²) in [5.74, 6) is 2.35. The van der Waals surface area contributed by atoms with Gasteiger partial charge in [0, 0.05) is 43.9 Å². The Morgan fingerprint density at radius 2 is 1.89 bits per heavy atom. The summed E-state index contributed by atoms with van der Waals surface area (Å²) in [6.07, 6.45) is 8.80. The number of nitrogen functional groups attached to an aromatic ring is 1. The van der Waals surface area contributed by atoms with Gasteiger partial charge in [-0.05, 0) is 43.3 Å². The zero-order valence-electron chi connectivity index (χ0n) is 21.2. The van der Waals surface area contributed by atoms with Crippen LogP contribution >= 0.6 is 0 Å². The molecule has 4 heterocycles. The summed E-state index contributed by atoms with van der Waals surface area (Å²) in [4.78, 5) is 30.9. The first-order chi connectivity index (χ1) is 18.5. The molecule has 6 rings (SSSR count). The average Bonchev–Trinajstić information content (AvgIpc) is 3.30. The Morgan fingerprint density at radius 1 is 1.05 bits per heavy atom. The van der Waals surface area contributed by atoms with Gasteiger partial charge in [-0.15, -0.1) is 0 Å². The number of benzene rings is 1. The van der Waals surface area contributed by atoms with Gasteiger partial charge < -0.3 is 25.4 Å². The highest BCUT2D eigenvalue weighted by molar-refractivity contribution is 5.89. The maximum atomic E-state index is 12.7. The molecule has 0 unspecified atom stereocenters. The summed E-state index contributed by atoms with van der Waals surface area (Å²) in [5, 5.41) is 3.05. The predicted octanol–water partition coefficient (Wildman–Crippen LogP) is 3.03. The van der Waals surface area contributed by atoms with Crippen LogP contribution in [0.2, 0.25) is 0 Å². The molecular formula is C28H29N7O3. The standard InChI is InChI=1S/C28H29N7O3/c1-18-3-2-4-20(7-5-18)30-25(36)16-34-11-13-35(14-12-34)27-26-22(32-28(29)33-27)9-8-21(31-26)19-6-10-23-24(15-19)38-17-37-23/h2-6,8-10,15H,7,11-14,16-17H2,1H3,(H,30,36)(H2,29,32,33). The lowest BCUT2D eigenvalue weighted by Gasteiger charge is -2.35. The Kier molecular flexibility index (Phi) is 6.38. The lowest BCUT2D eigenvalue weighted by atomic mass is 10.1. The number of nitrogens with one attached hydrogen (secondary N) is 1. The maximum absolute atomic E-state index is 12.7. The largest absolute Gasteiger partial charge is 0.454 e. The van der Waals surface area contributed by atoms with E-state index in [1.807, 2.05) is 48.6 Å². The summed E-state index contributed by atoms with van der Waals surface area (Å²) < 4.78 is 11.0. The zero-order chi connectivity index (χ0) is 26.1. The molecule has 10 heteroatoms. The van der Waals surface area contributed by atoms with Crippen molar-refractivity contribution in [2.45, 2.75) is 13.3 Å². The highest BCUT2D eigenvalue weighted by Crippen LogP contribution is 2.36. The van der Waals surface area contributed by atoms with Crippen molar-refractivity contribution >= 4 is 28.7 Å². The fourth-order valence-electron chi connectivity index (χ4n) is 4.81. The topological polar surface area (TPSA) is 119 Å². The van der Waals surface area contributed by atoms with Crippen LogP contribution in [0.5, 0.6) is 11.5 Å². The van der Waals surface area contributed by atoms with Gasteiger partial charge in [-0.3, -0.25) is 9.69 Å². The molecule has 0 radical (unpaired) electrons. The van der Waals surface area contributed by atoms with Crippen LogP contribution in [0.3, 0.4) is 0 Å². The average molecular weight is 512 g/mol. The Balaban J connectivity index is 1.16. The second-order valence-electron chi connectivity index (χ2n) is 9.55. The van der Waals surface area contributed by atoms with Crippen molar-refractivity contribution in [2.24, 2.45) is 0 Å². The van der Waals surface area contributed by atoms with Gasteiger partial charge in [0.15, 0.2) is 17.3 Å². The SMILES string of the molecule is CC1=CCC(NC(=O)CN2CCN(c3nc(N)nc4ccc(-c5ccc6c(c5)OCO6)nc34)CC2)=CC=C1. The molecule has 0 saturated carbocycles. The van der Waals surface area contributed by atoms with Gasteiger partial charge in [0.25, 0.3) is 0 Å². The van der Waals surface area contributed by atoms with Crippen LogP contribution in [0.4, 0.5) is 11.8 Å². The minimum absolute atomic E-state index is 0.00202. The molecule has 1 fully saturated rings. The number of piperazine rings is 1. The molecule has 1 saturated heterocycles. The second-order valence-corrected chi connectivity index (χ2v) is 9.55. The number of pyridine rings is 1. The minimum Gasteiger partial charge on any atom is -0.454 e. The molecule has 1 amide bonds. The molecule has 10 nitrogen and oxygen atoms in total. The Morgan fingerprint density at radius 3 is 2.76 bits per heavy atom. The number of nitrogens with zero attached hydrogens (tertiary/aromatic N) is 5. The van der Waals surface area contributed by atoms with E-state index in [4.69, 9.17) is 20.2 Å². The van der Waals surface area contributed by atoms with Gasteiger partial charge in [0.1, 0.15) is 5.52 Å². The monoisotopic (exact) mass is 511 g/mol. The zero-order valence-corrected chi connectivity index (χ0v) is 21.2. The fourth-order valence-corrected chi connectivity index (χ4v) is 4.81. The van der Waals surface area contributed by atoms with E-state index in [0.717, 1.165) is 42.2 Å². The lowest BCUT2D eigenvalue weighted by molar-refractivity contribution is -0.121. The van der Waals surface area contributed by atoms with Crippen LogP contribution in [-0.4, -0.2) is 65.3 Å². The molecule has 2 aromatic heterocycles. The van der Waals surface area contributed by atoms with Gasteiger partial charge in [-0.1, -0.05) is 23.8 Å². The van der Waals surface area contributed by atoms with Crippen LogP contribution in [-0.2, 0) is 4.79 Å². The number of nitrogens with two attached hydrogens (primary N) is 1. The van der Waals surface area contributed by atoms with Crippen LogP contribution in [0.25, 0.3) is 22.3 Å². The van der Waals surface area contributed by atoms with Gasteiger partial charge in [-0.25, -0.2) is 9.97 Å². The summed E-state index contributed by atoms with van der Waals surface area (Å²) in [6, 6.07) is 9.61. The molecule has 3 aliphatic rings. The van der Waals surface area contributed by atoms with Gasteiger partial charge in [0.2, 0.25) is 18.6 Å². The number of carbonyl (C=O) groups excluding carboxylic acids is 1. The number of amides is 1. The number of ether oxygens (including phenoxy) is 2. The summed E-state index contributed by atoms with van der Waals surface area (Å²) in [6.45, 7) is 5.45. The maximum Gasteiger partial charge on any atom is 0.238 e. The van der Waals surface area contributed by atoms with Crippen molar-refractivity contribution in [3.8, 4) is 22.8 Å². The van der Waals surface area contributed by atoms with Crippen LogP contribution in [0.1, 0.15) is 13.3 Å². The molecular weight excluding hydrogens is 482 g/mol. The quantitative estimate of drug-likeness (QED) is 0.533. The third-order valence-electron chi connectivity index (χ3n) is 6.85. The normalized spacial score (nSPS) is 17.2. The number of carbonyl (C=O) groups is 1. The van der Waals surface area contributed by atoms with E-state index in [-0.39, 0.29) is 18.6 Å². The molecule has 38 heavy (non-hydrogen) atoms. The van der Waals surface area contributed by atoms with E-state index in [0.29, 0.717) is 42.2 Å². The number of hydrogen-bond acceptors (Lipinski definition) is 9. The highest BCUT2D eigenvalue weighted by atomic mass is 16.7. The molecule has 1 aliphatic carbocycles. The van der Waals surface area contributed by atoms with Gasteiger partial charge in [0.05, 0.1) is 17.8 Å². The van der Waals surface area contributed by atoms with Crippen molar-refractivity contribution in [3.63, 3.8) is 0 Å². The van der Waals surface area contributed by atoms with Crippen molar-refractivity contribution in [1.29, 1.82) is 0 Å². The van der Waals surface area contributed by atoms with Crippen molar-refractivity contribution in [2.75, 3.05) is 50.2 Å². The molecule has 1 aromatic carbocycles. The molecule has 0 atom stereocenters. The first-order valence-corrected chi connectivity index (χ1v) is 12.7. The first-order valence-electron chi connectivity index (χ1n) is 12.7. The fraction of sp³-hybridized carbons (Fsp3) is 0.286. The van der Waals surface area contributed by atoms with Crippen molar-refractivity contribution in [1.82, 2.24) is 25.2 Å². The second kappa shape index (κ2) is 10.1. The number of fused-ring (bicyclic) bond motifs is 2.